The zero-order valence-corrected chi connectivity index (χ0v) is 17.8. The number of benzene rings is 3. The SMILES string of the molecule is CC1(C)CB(c2cccc(-c3ccc4c(c3)sc3ccccc34)c2)OC1(C)C. The van der Waals surface area contributed by atoms with Crippen molar-refractivity contribution >= 4 is 43.9 Å². The maximum atomic E-state index is 6.45. The molecule has 0 atom stereocenters. The first-order chi connectivity index (χ1) is 13.3. The smallest absolute Gasteiger partial charge is 0.327 e. The Morgan fingerprint density at radius 1 is 0.786 bits per heavy atom. The molecule has 140 valence electrons. The van der Waals surface area contributed by atoms with Crippen molar-refractivity contribution in [1.29, 1.82) is 0 Å². The second-order valence-electron chi connectivity index (χ2n) is 9.14. The van der Waals surface area contributed by atoms with Crippen molar-refractivity contribution in [1.82, 2.24) is 0 Å². The highest BCUT2D eigenvalue weighted by atomic mass is 32.1. The minimum Gasteiger partial charge on any atom is -0.426 e. The van der Waals surface area contributed by atoms with Crippen LogP contribution < -0.4 is 5.46 Å². The van der Waals surface area contributed by atoms with Gasteiger partial charge in [0, 0.05) is 20.2 Å². The summed E-state index contributed by atoms with van der Waals surface area (Å²) < 4.78 is 9.16. The molecule has 5 rings (SSSR count). The van der Waals surface area contributed by atoms with E-state index in [0.717, 1.165) is 6.32 Å². The highest BCUT2D eigenvalue weighted by Gasteiger charge is 2.49. The summed E-state index contributed by atoms with van der Waals surface area (Å²) in [6, 6.07) is 24.4. The molecule has 1 nitrogen and oxygen atoms in total. The summed E-state index contributed by atoms with van der Waals surface area (Å²) in [5, 5.41) is 2.70. The average Bonchev–Trinajstić information content (AvgIpc) is 3.15. The number of hydrogen-bond donors (Lipinski definition) is 0. The van der Waals surface area contributed by atoms with E-state index < -0.39 is 0 Å². The molecule has 0 saturated carbocycles. The Hall–Kier alpha value is -2.10. The predicted octanol–water partition coefficient (Wildman–Crippen LogP) is 6.76. The molecule has 1 aliphatic rings. The van der Waals surface area contributed by atoms with E-state index in [9.17, 15) is 0 Å². The van der Waals surface area contributed by atoms with Gasteiger partial charge in [0.25, 0.3) is 0 Å². The molecule has 2 heterocycles. The predicted molar refractivity (Wildman–Crippen MR) is 124 cm³/mol. The van der Waals surface area contributed by atoms with E-state index in [2.05, 4.69) is 94.4 Å². The second kappa shape index (κ2) is 6.20. The molecule has 28 heavy (non-hydrogen) atoms. The van der Waals surface area contributed by atoms with E-state index in [0.29, 0.717) is 0 Å². The van der Waals surface area contributed by atoms with Crippen LogP contribution in [0.15, 0.2) is 66.7 Å². The first-order valence-electron chi connectivity index (χ1n) is 10.0. The highest BCUT2D eigenvalue weighted by Crippen LogP contribution is 2.45. The van der Waals surface area contributed by atoms with Crippen molar-refractivity contribution in [2.45, 2.75) is 39.6 Å². The molecule has 0 spiro atoms. The fourth-order valence-corrected chi connectivity index (χ4v) is 5.42. The van der Waals surface area contributed by atoms with Crippen LogP contribution >= 0.6 is 11.3 Å². The van der Waals surface area contributed by atoms with Crippen molar-refractivity contribution in [3.8, 4) is 11.1 Å². The van der Waals surface area contributed by atoms with Gasteiger partial charge in [0.05, 0.1) is 5.60 Å². The van der Waals surface area contributed by atoms with Gasteiger partial charge in [0.15, 0.2) is 0 Å². The van der Waals surface area contributed by atoms with Crippen LogP contribution in [0.2, 0.25) is 6.32 Å². The average molecular weight is 384 g/mol. The number of hydrogen-bond acceptors (Lipinski definition) is 2. The normalized spacial score (nSPS) is 18.2. The van der Waals surface area contributed by atoms with Gasteiger partial charge in [-0.05, 0) is 54.3 Å². The van der Waals surface area contributed by atoms with Crippen LogP contribution in [0, 0.1) is 5.41 Å². The monoisotopic (exact) mass is 384 g/mol. The third-order valence-corrected chi connectivity index (χ3v) is 7.87. The Morgan fingerprint density at radius 3 is 2.32 bits per heavy atom. The lowest BCUT2D eigenvalue weighted by atomic mass is 9.54. The maximum absolute atomic E-state index is 6.45. The lowest BCUT2D eigenvalue weighted by Gasteiger charge is -2.34. The van der Waals surface area contributed by atoms with Crippen LogP contribution in [0.3, 0.4) is 0 Å². The molecule has 3 aromatic carbocycles. The molecule has 0 unspecified atom stereocenters. The zero-order valence-electron chi connectivity index (χ0n) is 17.0. The van der Waals surface area contributed by atoms with Gasteiger partial charge in [-0.1, -0.05) is 68.4 Å². The lowest BCUT2D eigenvalue weighted by molar-refractivity contribution is 0.0375. The fraction of sp³-hybridized carbons (Fsp3) is 0.280. The summed E-state index contributed by atoms with van der Waals surface area (Å²) in [6.07, 6.45) is 1.05. The maximum Gasteiger partial charge on any atom is 0.327 e. The zero-order chi connectivity index (χ0) is 19.5. The lowest BCUT2D eigenvalue weighted by Crippen LogP contribution is -2.36. The summed E-state index contributed by atoms with van der Waals surface area (Å²) in [7, 11) is 0. The molecular weight excluding hydrogens is 359 g/mol. The Bertz CT molecular complexity index is 1170. The molecular formula is C25H25BOS. The topological polar surface area (TPSA) is 9.23 Å². The van der Waals surface area contributed by atoms with Crippen LogP contribution in [0.1, 0.15) is 27.7 Å². The Balaban J connectivity index is 1.54. The molecule has 0 N–H and O–H groups in total. The van der Waals surface area contributed by atoms with Gasteiger partial charge < -0.3 is 4.65 Å². The molecule has 0 amide bonds. The number of rotatable bonds is 2. The van der Waals surface area contributed by atoms with Crippen molar-refractivity contribution in [2.24, 2.45) is 5.41 Å². The fourth-order valence-electron chi connectivity index (χ4n) is 4.28. The van der Waals surface area contributed by atoms with Gasteiger partial charge in [-0.15, -0.1) is 11.3 Å². The molecule has 3 heteroatoms. The second-order valence-corrected chi connectivity index (χ2v) is 10.2. The van der Waals surface area contributed by atoms with Crippen LogP contribution in [-0.2, 0) is 4.65 Å². The van der Waals surface area contributed by atoms with Gasteiger partial charge in [0.1, 0.15) is 0 Å². The third-order valence-electron chi connectivity index (χ3n) is 6.73. The van der Waals surface area contributed by atoms with Crippen molar-refractivity contribution < 1.29 is 4.65 Å². The van der Waals surface area contributed by atoms with E-state index >= 15 is 0 Å². The summed E-state index contributed by atoms with van der Waals surface area (Å²) in [6.45, 7) is 9.22. The van der Waals surface area contributed by atoms with E-state index in [4.69, 9.17) is 4.65 Å². The van der Waals surface area contributed by atoms with E-state index in [1.807, 2.05) is 11.3 Å². The van der Waals surface area contributed by atoms with Crippen LogP contribution in [-0.4, -0.2) is 12.5 Å². The summed E-state index contributed by atoms with van der Waals surface area (Å²) in [5.74, 6) is 0. The highest BCUT2D eigenvalue weighted by molar-refractivity contribution is 7.25. The standard InChI is InChI=1S/C25H25BOS/c1-24(2)16-26(27-25(24,3)4)19-9-7-8-17(14-19)18-12-13-21-20-10-5-6-11-22(20)28-23(21)15-18/h5-15H,16H2,1-4H3. The molecule has 4 aromatic rings. The Kier molecular flexibility index (Phi) is 3.98. The summed E-state index contributed by atoms with van der Waals surface area (Å²) in [5.41, 5.74) is 3.89. The van der Waals surface area contributed by atoms with E-state index in [1.165, 1.54) is 36.8 Å². The Morgan fingerprint density at radius 2 is 1.54 bits per heavy atom. The third kappa shape index (κ3) is 2.80. The van der Waals surface area contributed by atoms with Crippen molar-refractivity contribution in [3.05, 3.63) is 66.7 Å². The summed E-state index contributed by atoms with van der Waals surface area (Å²) >= 11 is 1.87. The van der Waals surface area contributed by atoms with Crippen LogP contribution in [0.25, 0.3) is 31.3 Å². The van der Waals surface area contributed by atoms with E-state index in [1.54, 1.807) is 0 Å². The van der Waals surface area contributed by atoms with Crippen LogP contribution in [0.5, 0.6) is 0 Å². The van der Waals surface area contributed by atoms with Gasteiger partial charge >= 0.3 is 6.92 Å². The largest absolute Gasteiger partial charge is 0.426 e. The van der Waals surface area contributed by atoms with Gasteiger partial charge in [-0.25, -0.2) is 0 Å². The molecule has 0 bridgehead atoms. The van der Waals surface area contributed by atoms with Crippen LogP contribution in [0.4, 0.5) is 0 Å². The molecule has 0 radical (unpaired) electrons. The molecule has 0 aliphatic carbocycles. The molecule has 1 fully saturated rings. The van der Waals surface area contributed by atoms with Gasteiger partial charge in [0.2, 0.25) is 0 Å². The minimum absolute atomic E-state index is 0.107. The molecule has 1 aliphatic heterocycles. The van der Waals surface area contributed by atoms with Crippen molar-refractivity contribution in [2.75, 3.05) is 0 Å². The number of thiophene rings is 1. The van der Waals surface area contributed by atoms with Gasteiger partial charge in [-0.3, -0.25) is 0 Å². The first-order valence-corrected chi connectivity index (χ1v) is 10.9. The summed E-state index contributed by atoms with van der Waals surface area (Å²) in [4.78, 5) is 0. The molecule has 1 saturated heterocycles. The van der Waals surface area contributed by atoms with Crippen molar-refractivity contribution in [3.63, 3.8) is 0 Å². The molecule has 1 aromatic heterocycles. The minimum atomic E-state index is -0.107. The van der Waals surface area contributed by atoms with Gasteiger partial charge in [-0.2, -0.15) is 0 Å². The Labute approximate surface area is 171 Å². The number of fused-ring (bicyclic) bond motifs is 3. The van der Waals surface area contributed by atoms with E-state index in [-0.39, 0.29) is 17.9 Å². The quantitative estimate of drug-likeness (QED) is 0.347. The first kappa shape index (κ1) is 18.0.